The highest BCUT2D eigenvalue weighted by atomic mass is 127. The van der Waals surface area contributed by atoms with E-state index in [1.807, 2.05) is 24.6 Å². The Morgan fingerprint density at radius 2 is 1.86 bits per heavy atom. The summed E-state index contributed by atoms with van der Waals surface area (Å²) < 4.78 is 29.2. The van der Waals surface area contributed by atoms with Gasteiger partial charge in [0.2, 0.25) is 16.0 Å². The van der Waals surface area contributed by atoms with Gasteiger partial charge in [0.05, 0.1) is 26.0 Å². The van der Waals surface area contributed by atoms with E-state index >= 15 is 0 Å². The number of aromatic nitrogens is 4. The summed E-state index contributed by atoms with van der Waals surface area (Å²) in [7, 11) is -1.58. The van der Waals surface area contributed by atoms with E-state index in [1.54, 1.807) is 36.7 Å². The Kier molecular flexibility index (Phi) is 4.88. The van der Waals surface area contributed by atoms with E-state index in [2.05, 4.69) is 47.6 Å². The Balaban J connectivity index is 1.52. The minimum Gasteiger partial charge on any atom is -0.330 e. The molecule has 0 bridgehead atoms. The van der Waals surface area contributed by atoms with Crippen LogP contribution in [0.2, 0.25) is 0 Å². The van der Waals surface area contributed by atoms with Crippen molar-refractivity contribution in [3.63, 3.8) is 0 Å². The van der Waals surface area contributed by atoms with Crippen molar-refractivity contribution >= 4 is 44.2 Å². The van der Waals surface area contributed by atoms with Crippen LogP contribution in [0.25, 0.3) is 11.4 Å². The van der Waals surface area contributed by atoms with Gasteiger partial charge in [-0.25, -0.2) is 23.4 Å². The van der Waals surface area contributed by atoms with Crippen LogP contribution in [-0.4, -0.2) is 31.5 Å². The maximum Gasteiger partial charge on any atom is 0.241 e. The number of anilines is 2. The van der Waals surface area contributed by atoms with Crippen LogP contribution >= 0.6 is 22.6 Å². The van der Waals surface area contributed by atoms with Crippen LogP contribution < -0.4 is 10.0 Å². The molecule has 2 heterocycles. The minimum absolute atomic E-state index is 0.237. The average Bonchev–Trinajstić information content (AvgIpc) is 3.28. The zero-order chi connectivity index (χ0) is 19.9. The molecular weight excluding hydrogens is 491 g/mol. The summed E-state index contributed by atoms with van der Waals surface area (Å²) in [5, 5.41) is 3.11. The van der Waals surface area contributed by atoms with Crippen molar-refractivity contribution in [1.29, 1.82) is 0 Å². The van der Waals surface area contributed by atoms with Gasteiger partial charge < -0.3 is 9.88 Å². The number of sulfonamides is 1. The second kappa shape index (κ2) is 7.08. The molecule has 10 heteroatoms. The first-order chi connectivity index (χ1) is 13.3. The molecular formula is C18H19IN6O2S. The molecule has 28 heavy (non-hydrogen) atoms. The predicted molar refractivity (Wildman–Crippen MR) is 115 cm³/mol. The van der Waals surface area contributed by atoms with Gasteiger partial charge in [0.15, 0.2) is 0 Å². The number of rotatable bonds is 6. The van der Waals surface area contributed by atoms with E-state index in [4.69, 9.17) is 0 Å². The van der Waals surface area contributed by atoms with Gasteiger partial charge in [0.25, 0.3) is 0 Å². The topological polar surface area (TPSA) is 102 Å². The fourth-order valence-electron chi connectivity index (χ4n) is 2.66. The third-order valence-electron chi connectivity index (χ3n) is 4.57. The van der Waals surface area contributed by atoms with Gasteiger partial charge in [0.1, 0.15) is 5.82 Å². The number of hydrogen-bond acceptors (Lipinski definition) is 6. The van der Waals surface area contributed by atoms with Crippen LogP contribution in [-0.2, 0) is 17.1 Å². The van der Waals surface area contributed by atoms with Gasteiger partial charge >= 0.3 is 0 Å². The molecule has 2 aromatic heterocycles. The first kappa shape index (κ1) is 19.3. The molecule has 1 saturated carbocycles. The summed E-state index contributed by atoms with van der Waals surface area (Å²) in [4.78, 5) is 13.3. The maximum absolute atomic E-state index is 12.4. The number of halogens is 1. The van der Waals surface area contributed by atoms with Crippen molar-refractivity contribution in [2.24, 2.45) is 7.05 Å². The van der Waals surface area contributed by atoms with Crippen molar-refractivity contribution in [2.45, 2.75) is 28.2 Å². The number of benzene rings is 1. The van der Waals surface area contributed by atoms with Gasteiger partial charge in [-0.1, -0.05) is 22.6 Å². The highest BCUT2D eigenvalue weighted by molar-refractivity contribution is 14.1. The van der Waals surface area contributed by atoms with E-state index in [0.29, 0.717) is 11.6 Å². The fourth-order valence-corrected chi connectivity index (χ4v) is 5.10. The largest absolute Gasteiger partial charge is 0.330 e. The Hall–Kier alpha value is -2.05. The summed E-state index contributed by atoms with van der Waals surface area (Å²) >= 11 is 2.15. The summed E-state index contributed by atoms with van der Waals surface area (Å²) in [6.07, 6.45) is 5.16. The average molecular weight is 510 g/mol. The molecule has 146 valence electrons. The Morgan fingerprint density at radius 1 is 1.14 bits per heavy atom. The van der Waals surface area contributed by atoms with Crippen LogP contribution in [0.3, 0.4) is 0 Å². The minimum atomic E-state index is -3.52. The summed E-state index contributed by atoms with van der Waals surface area (Å²) in [6.45, 7) is 1.93. The smallest absolute Gasteiger partial charge is 0.241 e. The zero-order valence-corrected chi connectivity index (χ0v) is 18.3. The summed E-state index contributed by atoms with van der Waals surface area (Å²) in [6, 6.07) is 8.36. The standard InChI is InChI=1S/C18H19IN6O2S/c1-12-21-11-16(25(12)2)15-7-10-20-17(23-15)22-13-3-5-14(6-4-13)28(26,27)24-18(19)8-9-18/h3-7,10-11,24H,8-9H2,1-2H3,(H,20,22,23). The molecule has 0 radical (unpaired) electrons. The molecule has 0 aliphatic heterocycles. The summed E-state index contributed by atoms with van der Waals surface area (Å²) in [5.41, 5.74) is 2.34. The lowest BCUT2D eigenvalue weighted by atomic mass is 10.3. The number of aryl methyl sites for hydroxylation is 1. The van der Waals surface area contributed by atoms with Gasteiger partial charge in [-0.15, -0.1) is 0 Å². The normalized spacial score (nSPS) is 15.4. The van der Waals surface area contributed by atoms with Crippen molar-refractivity contribution in [3.8, 4) is 11.4 Å². The second-order valence-electron chi connectivity index (χ2n) is 6.74. The molecule has 3 aromatic rings. The molecule has 8 nitrogen and oxygen atoms in total. The number of nitrogens with one attached hydrogen (secondary N) is 2. The quantitative estimate of drug-likeness (QED) is 0.300. The molecule has 1 aromatic carbocycles. The Labute approximate surface area is 177 Å². The highest BCUT2D eigenvalue weighted by Gasteiger charge is 2.43. The van der Waals surface area contributed by atoms with Crippen LogP contribution in [0.1, 0.15) is 18.7 Å². The maximum atomic E-state index is 12.4. The molecule has 1 aliphatic carbocycles. The zero-order valence-electron chi connectivity index (χ0n) is 15.3. The molecule has 1 fully saturated rings. The predicted octanol–water partition coefficient (Wildman–Crippen LogP) is 3.13. The van der Waals surface area contributed by atoms with E-state index < -0.39 is 10.0 Å². The molecule has 0 spiro atoms. The molecule has 0 unspecified atom stereocenters. The van der Waals surface area contributed by atoms with Crippen LogP contribution in [0.4, 0.5) is 11.6 Å². The first-order valence-corrected chi connectivity index (χ1v) is 11.2. The lowest BCUT2D eigenvalue weighted by molar-refractivity contribution is 0.579. The van der Waals surface area contributed by atoms with E-state index in [9.17, 15) is 8.42 Å². The fraction of sp³-hybridized carbons (Fsp3) is 0.278. The van der Waals surface area contributed by atoms with E-state index in [1.165, 1.54) is 0 Å². The van der Waals surface area contributed by atoms with Crippen LogP contribution in [0, 0.1) is 6.92 Å². The van der Waals surface area contributed by atoms with Gasteiger partial charge in [-0.2, -0.15) is 4.72 Å². The first-order valence-electron chi connectivity index (χ1n) is 8.67. The van der Waals surface area contributed by atoms with Gasteiger partial charge in [0, 0.05) is 18.9 Å². The van der Waals surface area contributed by atoms with Crippen LogP contribution in [0.15, 0.2) is 47.6 Å². The molecule has 4 rings (SSSR count). The molecule has 0 saturated heterocycles. The lowest BCUT2D eigenvalue weighted by Crippen LogP contribution is -2.31. The number of alkyl halides is 1. The SMILES string of the molecule is Cc1ncc(-c2ccnc(Nc3ccc(S(=O)(=O)NC4(I)CC4)cc3)n2)n1C. The highest BCUT2D eigenvalue weighted by Crippen LogP contribution is 2.43. The monoisotopic (exact) mass is 510 g/mol. The van der Waals surface area contributed by atoms with Crippen molar-refractivity contribution in [3.05, 3.63) is 48.5 Å². The number of imidazole rings is 1. The van der Waals surface area contributed by atoms with E-state index in [-0.39, 0.29) is 8.44 Å². The van der Waals surface area contributed by atoms with Gasteiger partial charge in [-0.05, 0) is 50.1 Å². The Morgan fingerprint density at radius 3 is 2.46 bits per heavy atom. The van der Waals surface area contributed by atoms with Crippen molar-refractivity contribution in [2.75, 3.05) is 5.32 Å². The van der Waals surface area contributed by atoms with Gasteiger partial charge in [-0.3, -0.25) is 0 Å². The Bertz CT molecular complexity index is 1120. The third kappa shape index (κ3) is 4.03. The number of hydrogen-bond donors (Lipinski definition) is 2. The van der Waals surface area contributed by atoms with Crippen molar-refractivity contribution in [1.82, 2.24) is 24.2 Å². The van der Waals surface area contributed by atoms with Crippen molar-refractivity contribution < 1.29 is 8.42 Å². The molecule has 0 amide bonds. The summed E-state index contributed by atoms with van der Waals surface area (Å²) in [5.74, 6) is 1.32. The second-order valence-corrected chi connectivity index (χ2v) is 10.5. The molecule has 2 N–H and O–H groups in total. The van der Waals surface area contributed by atoms with Crippen LogP contribution in [0.5, 0.6) is 0 Å². The third-order valence-corrected chi connectivity index (χ3v) is 7.83. The molecule has 0 atom stereocenters. The van der Waals surface area contributed by atoms with E-state index in [0.717, 1.165) is 30.1 Å². The number of nitrogens with zero attached hydrogens (tertiary/aromatic N) is 4. The molecule has 1 aliphatic rings. The lowest BCUT2D eigenvalue weighted by Gasteiger charge is -2.12.